The van der Waals surface area contributed by atoms with E-state index in [1.807, 2.05) is 50.7 Å². The number of benzene rings is 1. The molecule has 0 aliphatic carbocycles. The van der Waals surface area contributed by atoms with E-state index in [4.69, 9.17) is 0 Å². The Morgan fingerprint density at radius 2 is 2.12 bits per heavy atom. The van der Waals surface area contributed by atoms with Crippen molar-refractivity contribution in [2.24, 2.45) is 7.05 Å². The second-order valence-electron chi connectivity index (χ2n) is 5.58. The topological polar surface area (TPSA) is 63.9 Å². The molecule has 1 atom stereocenters. The molecule has 0 aliphatic rings. The van der Waals surface area contributed by atoms with Crippen LogP contribution in [0.25, 0.3) is 10.2 Å². The molecule has 0 radical (unpaired) electrons. The second kappa shape index (κ2) is 6.90. The van der Waals surface area contributed by atoms with E-state index in [0.717, 1.165) is 26.2 Å². The molecular weight excluding hydrogens is 342 g/mol. The van der Waals surface area contributed by atoms with Gasteiger partial charge in [0.15, 0.2) is 5.16 Å². The fraction of sp³-hybridized carbons (Fsp3) is 0.375. The number of rotatable bonds is 5. The van der Waals surface area contributed by atoms with Gasteiger partial charge in [-0.3, -0.25) is 4.79 Å². The summed E-state index contributed by atoms with van der Waals surface area (Å²) in [4.78, 5) is 18.9. The number of para-hydroxylation sites is 1. The highest BCUT2D eigenvalue weighted by Crippen LogP contribution is 2.29. The predicted molar refractivity (Wildman–Crippen MR) is 97.3 cm³/mol. The number of hydrogen-bond acceptors (Lipinski definition) is 6. The smallest absolute Gasteiger partial charge is 0.233 e. The molecule has 1 amide bonds. The fourth-order valence-electron chi connectivity index (χ4n) is 2.19. The van der Waals surface area contributed by atoms with Gasteiger partial charge in [0.2, 0.25) is 5.91 Å². The lowest BCUT2D eigenvalue weighted by Gasteiger charge is -2.23. The third-order valence-electron chi connectivity index (χ3n) is 4.02. The number of thiazole rings is 1. The number of hydrogen-bond donors (Lipinski definition) is 0. The Bertz CT molecular complexity index is 839. The number of carbonyl (C=O) groups is 1. The number of nitrogens with zero attached hydrogens (tertiary/aromatic N) is 5. The van der Waals surface area contributed by atoms with Gasteiger partial charge in [-0.15, -0.1) is 21.5 Å². The van der Waals surface area contributed by atoms with Crippen LogP contribution in [0.5, 0.6) is 0 Å². The van der Waals surface area contributed by atoms with E-state index in [9.17, 15) is 4.79 Å². The molecule has 3 aromatic rings. The molecule has 0 N–H and O–H groups in total. The number of amides is 1. The van der Waals surface area contributed by atoms with Crippen LogP contribution in [0, 0.1) is 6.92 Å². The van der Waals surface area contributed by atoms with Gasteiger partial charge in [0, 0.05) is 14.1 Å². The number of fused-ring (bicyclic) bond motifs is 1. The molecule has 0 bridgehead atoms. The van der Waals surface area contributed by atoms with E-state index in [-0.39, 0.29) is 11.9 Å². The Balaban J connectivity index is 1.67. The van der Waals surface area contributed by atoms with Gasteiger partial charge in [0.1, 0.15) is 10.8 Å². The molecule has 0 saturated carbocycles. The van der Waals surface area contributed by atoms with Gasteiger partial charge in [0.25, 0.3) is 0 Å². The van der Waals surface area contributed by atoms with Crippen LogP contribution in [0.4, 0.5) is 0 Å². The van der Waals surface area contributed by atoms with E-state index in [1.165, 1.54) is 11.8 Å². The van der Waals surface area contributed by atoms with Gasteiger partial charge in [0.05, 0.1) is 22.0 Å². The first-order valence-electron chi connectivity index (χ1n) is 7.57. The summed E-state index contributed by atoms with van der Waals surface area (Å²) >= 11 is 3.04. The largest absolute Gasteiger partial charge is 0.336 e. The van der Waals surface area contributed by atoms with Gasteiger partial charge in [-0.25, -0.2) is 4.98 Å². The summed E-state index contributed by atoms with van der Waals surface area (Å²) in [5.74, 6) is 1.21. The van der Waals surface area contributed by atoms with Gasteiger partial charge >= 0.3 is 0 Å². The van der Waals surface area contributed by atoms with E-state index in [2.05, 4.69) is 21.2 Å². The van der Waals surface area contributed by atoms with Gasteiger partial charge in [-0.05, 0) is 26.0 Å². The summed E-state index contributed by atoms with van der Waals surface area (Å²) in [5.41, 5.74) is 0.981. The van der Waals surface area contributed by atoms with Crippen LogP contribution in [0.3, 0.4) is 0 Å². The highest BCUT2D eigenvalue weighted by Gasteiger charge is 2.21. The monoisotopic (exact) mass is 361 g/mol. The van der Waals surface area contributed by atoms with Crippen LogP contribution in [-0.2, 0) is 11.8 Å². The van der Waals surface area contributed by atoms with Crippen LogP contribution < -0.4 is 0 Å². The summed E-state index contributed by atoms with van der Waals surface area (Å²) in [5, 5.41) is 9.78. The SMILES string of the molecule is Cc1nnc(SCC(=O)N(C)[C@H](C)c2nc3ccccc3s2)n1C. The zero-order chi connectivity index (χ0) is 17.3. The molecule has 6 nitrogen and oxygen atoms in total. The molecular formula is C16H19N5OS2. The Morgan fingerprint density at radius 1 is 1.38 bits per heavy atom. The number of aromatic nitrogens is 4. The minimum absolute atomic E-state index is 0.0485. The quantitative estimate of drug-likeness (QED) is 0.654. The van der Waals surface area contributed by atoms with Crippen molar-refractivity contribution >= 4 is 39.2 Å². The fourth-order valence-corrected chi connectivity index (χ4v) is 4.14. The van der Waals surface area contributed by atoms with Crippen LogP contribution in [0.15, 0.2) is 29.4 Å². The Labute approximate surface area is 148 Å². The number of aryl methyl sites for hydroxylation is 1. The third-order valence-corrected chi connectivity index (χ3v) is 6.23. The molecule has 0 spiro atoms. The first-order valence-corrected chi connectivity index (χ1v) is 9.37. The molecule has 1 aromatic carbocycles. The van der Waals surface area contributed by atoms with Crippen molar-refractivity contribution in [3.05, 3.63) is 35.1 Å². The summed E-state index contributed by atoms with van der Waals surface area (Å²) in [6.07, 6.45) is 0. The Hall–Kier alpha value is -1.93. The third kappa shape index (κ3) is 3.29. The molecule has 24 heavy (non-hydrogen) atoms. The number of carbonyl (C=O) groups excluding carboxylic acids is 1. The number of thioether (sulfide) groups is 1. The first kappa shape index (κ1) is 16.9. The summed E-state index contributed by atoms with van der Waals surface area (Å²) in [7, 11) is 3.72. The van der Waals surface area contributed by atoms with Crippen molar-refractivity contribution in [3.8, 4) is 0 Å². The van der Waals surface area contributed by atoms with Gasteiger partial charge in [-0.2, -0.15) is 0 Å². The summed E-state index contributed by atoms with van der Waals surface area (Å²) in [6.45, 7) is 3.90. The minimum Gasteiger partial charge on any atom is -0.336 e. The summed E-state index contributed by atoms with van der Waals surface area (Å²) < 4.78 is 3.03. The summed E-state index contributed by atoms with van der Waals surface area (Å²) in [6, 6.07) is 7.97. The molecule has 126 valence electrons. The molecule has 0 unspecified atom stereocenters. The zero-order valence-corrected chi connectivity index (χ0v) is 15.7. The van der Waals surface area contributed by atoms with Crippen molar-refractivity contribution in [2.75, 3.05) is 12.8 Å². The minimum atomic E-state index is -0.0586. The Morgan fingerprint density at radius 3 is 2.79 bits per heavy atom. The van der Waals surface area contributed by atoms with Crippen LogP contribution in [0.1, 0.15) is 23.8 Å². The van der Waals surface area contributed by atoms with Crippen molar-refractivity contribution in [1.82, 2.24) is 24.6 Å². The van der Waals surface area contributed by atoms with E-state index < -0.39 is 0 Å². The second-order valence-corrected chi connectivity index (χ2v) is 7.58. The molecule has 0 fully saturated rings. The van der Waals surface area contributed by atoms with Crippen molar-refractivity contribution in [2.45, 2.75) is 25.0 Å². The molecule has 0 aliphatic heterocycles. The molecule has 8 heteroatoms. The van der Waals surface area contributed by atoms with Crippen LogP contribution in [-0.4, -0.2) is 43.4 Å². The Kier molecular flexibility index (Phi) is 4.86. The average molecular weight is 361 g/mol. The lowest BCUT2D eigenvalue weighted by Crippen LogP contribution is -2.31. The van der Waals surface area contributed by atoms with E-state index >= 15 is 0 Å². The predicted octanol–water partition coefficient (Wildman–Crippen LogP) is 3.04. The maximum absolute atomic E-state index is 12.5. The normalized spacial score (nSPS) is 12.5. The maximum Gasteiger partial charge on any atom is 0.233 e. The van der Waals surface area contributed by atoms with Gasteiger partial charge in [-0.1, -0.05) is 23.9 Å². The van der Waals surface area contributed by atoms with Crippen LogP contribution >= 0.6 is 23.1 Å². The maximum atomic E-state index is 12.5. The molecule has 0 saturated heterocycles. The van der Waals surface area contributed by atoms with Crippen molar-refractivity contribution in [3.63, 3.8) is 0 Å². The van der Waals surface area contributed by atoms with Gasteiger partial charge < -0.3 is 9.47 Å². The van der Waals surface area contributed by atoms with Crippen molar-refractivity contribution in [1.29, 1.82) is 0 Å². The molecule has 2 aromatic heterocycles. The average Bonchev–Trinajstić information content (AvgIpc) is 3.16. The lowest BCUT2D eigenvalue weighted by atomic mass is 10.3. The molecule has 2 heterocycles. The van der Waals surface area contributed by atoms with E-state index in [0.29, 0.717) is 5.75 Å². The molecule has 3 rings (SSSR count). The van der Waals surface area contributed by atoms with Crippen molar-refractivity contribution < 1.29 is 4.79 Å². The van der Waals surface area contributed by atoms with E-state index in [1.54, 1.807) is 16.2 Å². The first-order chi connectivity index (χ1) is 11.5. The zero-order valence-electron chi connectivity index (χ0n) is 14.1. The highest BCUT2D eigenvalue weighted by atomic mass is 32.2. The van der Waals surface area contributed by atoms with Crippen LogP contribution in [0.2, 0.25) is 0 Å². The standard InChI is InChI=1S/C16H19N5OS2/c1-10(15-17-12-7-5-6-8-13(12)24-15)20(3)14(22)9-23-16-19-18-11(2)21(16)4/h5-8,10H,9H2,1-4H3/t10-/m1/s1. The lowest BCUT2D eigenvalue weighted by molar-refractivity contribution is -0.128. The highest BCUT2D eigenvalue weighted by molar-refractivity contribution is 7.99.